The fourth-order valence-electron chi connectivity index (χ4n) is 9.28. The van der Waals surface area contributed by atoms with Crippen molar-refractivity contribution in [3.8, 4) is 0 Å². The van der Waals surface area contributed by atoms with Crippen LogP contribution >= 0.6 is 15.6 Å². The van der Waals surface area contributed by atoms with Crippen LogP contribution < -0.4 is 0 Å². The Balaban J connectivity index is 5.20. The molecule has 0 saturated heterocycles. The van der Waals surface area contributed by atoms with Gasteiger partial charge in [-0.3, -0.25) is 37.3 Å². The molecule has 0 fully saturated rings. The normalized spacial score (nSPS) is 14.2. The predicted molar refractivity (Wildman–Crippen MR) is 322 cm³/mol. The molecule has 0 aromatic rings. The van der Waals surface area contributed by atoms with Gasteiger partial charge in [-0.25, -0.2) is 9.13 Å². The van der Waals surface area contributed by atoms with E-state index in [2.05, 4.69) is 27.7 Å². The Morgan fingerprint density at radius 3 is 0.728 bits per heavy atom. The van der Waals surface area contributed by atoms with Gasteiger partial charge >= 0.3 is 39.5 Å². The summed E-state index contributed by atoms with van der Waals surface area (Å²) in [5.41, 5.74) is 0. The average molecular weight is 1200 g/mol. The number of hydrogen-bond acceptors (Lipinski definition) is 15. The van der Waals surface area contributed by atoms with E-state index in [0.717, 1.165) is 103 Å². The van der Waals surface area contributed by atoms with Crippen LogP contribution in [0.4, 0.5) is 0 Å². The maximum Gasteiger partial charge on any atom is 0.472 e. The molecule has 0 rings (SSSR count). The summed E-state index contributed by atoms with van der Waals surface area (Å²) in [4.78, 5) is 72.0. The molecule has 0 amide bonds. The first-order valence-corrected chi connectivity index (χ1v) is 35.8. The second-order valence-electron chi connectivity index (χ2n) is 22.4. The van der Waals surface area contributed by atoms with Crippen molar-refractivity contribution in [2.24, 2.45) is 0 Å². The maximum absolute atomic E-state index is 13.0. The molecule has 0 heterocycles. The van der Waals surface area contributed by atoms with Crippen LogP contribution in [-0.2, 0) is 65.4 Å². The molecule has 0 aromatic heterocycles. The molecule has 0 aliphatic carbocycles. The first-order valence-electron chi connectivity index (χ1n) is 32.8. The Morgan fingerprint density at radius 1 is 0.296 bits per heavy atom. The van der Waals surface area contributed by atoms with Crippen molar-refractivity contribution in [3.05, 3.63) is 0 Å². The predicted octanol–water partition coefficient (Wildman–Crippen LogP) is 17.2. The summed E-state index contributed by atoms with van der Waals surface area (Å²) >= 11 is 0. The van der Waals surface area contributed by atoms with E-state index in [4.69, 9.17) is 37.0 Å². The number of carbonyl (C=O) groups is 4. The number of ether oxygens (including phenoxy) is 4. The van der Waals surface area contributed by atoms with E-state index >= 15 is 0 Å². The van der Waals surface area contributed by atoms with E-state index in [1.807, 2.05) is 0 Å². The molecule has 0 spiro atoms. The van der Waals surface area contributed by atoms with E-state index < -0.39 is 97.5 Å². The van der Waals surface area contributed by atoms with Gasteiger partial charge in [-0.1, -0.05) is 265 Å². The molecule has 0 aliphatic rings. The third-order valence-electron chi connectivity index (χ3n) is 14.4. The smallest absolute Gasteiger partial charge is 0.462 e. The number of esters is 4. The highest BCUT2D eigenvalue weighted by molar-refractivity contribution is 7.47. The monoisotopic (exact) mass is 1200 g/mol. The van der Waals surface area contributed by atoms with Gasteiger partial charge in [0, 0.05) is 25.7 Å². The molecule has 19 heteroatoms. The number of rotatable bonds is 63. The van der Waals surface area contributed by atoms with Gasteiger partial charge in [-0.2, -0.15) is 0 Å². The van der Waals surface area contributed by atoms with Gasteiger partial charge in [0.15, 0.2) is 12.2 Å². The van der Waals surface area contributed by atoms with Crippen molar-refractivity contribution in [2.75, 3.05) is 39.6 Å². The third-order valence-corrected chi connectivity index (χ3v) is 16.3. The highest BCUT2D eigenvalue weighted by atomic mass is 31.2. The number of aliphatic hydroxyl groups is 1. The zero-order valence-corrected chi connectivity index (χ0v) is 53.5. The Kier molecular flexibility index (Phi) is 55.8. The van der Waals surface area contributed by atoms with Crippen molar-refractivity contribution in [1.82, 2.24) is 0 Å². The second-order valence-corrected chi connectivity index (χ2v) is 25.4. The Hall–Kier alpha value is -1.94. The third kappa shape index (κ3) is 56.9. The van der Waals surface area contributed by atoms with Crippen LogP contribution in [0, 0.1) is 0 Å². The average Bonchev–Trinajstić information content (AvgIpc) is 3.44. The van der Waals surface area contributed by atoms with E-state index in [0.29, 0.717) is 25.7 Å². The SMILES string of the molecule is CCCCCCCCCCCCCCCCC(=O)O[C@H](COC(=O)CCCCCCCCCCCCC)COP(=O)(O)OC[C@@H](O)COP(=O)(O)OC[C@@H](COC(=O)CCCCCCCCCC)OC(=O)CCCCCCCCCC. The molecular weight excluding hydrogens is 1080 g/mol. The van der Waals surface area contributed by atoms with Gasteiger partial charge in [0.2, 0.25) is 0 Å². The zero-order chi connectivity index (χ0) is 59.8. The lowest BCUT2D eigenvalue weighted by Gasteiger charge is -2.21. The molecule has 0 aliphatic heterocycles. The minimum Gasteiger partial charge on any atom is -0.462 e. The molecule has 0 aromatic carbocycles. The van der Waals surface area contributed by atoms with Crippen LogP contribution in [0.2, 0.25) is 0 Å². The summed E-state index contributed by atoms with van der Waals surface area (Å²) in [5.74, 6) is -2.14. The van der Waals surface area contributed by atoms with Gasteiger partial charge in [-0.15, -0.1) is 0 Å². The van der Waals surface area contributed by atoms with Gasteiger partial charge in [0.05, 0.1) is 26.4 Å². The summed E-state index contributed by atoms with van der Waals surface area (Å²) in [5, 5.41) is 10.5. The molecule has 17 nitrogen and oxygen atoms in total. The van der Waals surface area contributed by atoms with Crippen LogP contribution in [0.1, 0.15) is 317 Å². The van der Waals surface area contributed by atoms with Crippen molar-refractivity contribution in [1.29, 1.82) is 0 Å². The summed E-state index contributed by atoms with van der Waals surface area (Å²) in [7, 11) is -9.87. The standard InChI is InChI=1S/C62H120O17P2/c1-5-9-13-17-21-25-27-28-29-31-33-37-41-45-49-62(67)79-58(53-73-60(65)47-43-39-36-32-30-26-22-18-14-10-6-2)55-77-81(70,71)75-51-56(63)50-74-80(68,69)76-54-57(78-61(66)48-44-40-35-24-20-16-12-8-4)52-72-59(64)46-42-38-34-23-19-15-11-7-3/h56-58,63H,5-55H2,1-4H3,(H,68,69)(H,70,71)/t56-,57+,58+/m0/s1. The molecule has 0 radical (unpaired) electrons. The van der Waals surface area contributed by atoms with Gasteiger partial charge in [0.1, 0.15) is 19.3 Å². The second kappa shape index (κ2) is 57.2. The van der Waals surface area contributed by atoms with Crippen molar-refractivity contribution < 1.29 is 80.2 Å². The van der Waals surface area contributed by atoms with E-state index in [9.17, 15) is 43.2 Å². The van der Waals surface area contributed by atoms with E-state index in [1.165, 1.54) is 135 Å². The lowest BCUT2D eigenvalue weighted by Crippen LogP contribution is -2.30. The highest BCUT2D eigenvalue weighted by Crippen LogP contribution is 2.45. The van der Waals surface area contributed by atoms with Crippen molar-refractivity contribution in [3.63, 3.8) is 0 Å². The largest absolute Gasteiger partial charge is 0.472 e. The number of carbonyl (C=O) groups excluding carboxylic acids is 4. The fourth-order valence-corrected chi connectivity index (χ4v) is 10.9. The molecule has 0 bridgehead atoms. The van der Waals surface area contributed by atoms with Crippen molar-refractivity contribution in [2.45, 2.75) is 335 Å². The Bertz CT molecular complexity index is 1570. The van der Waals surface area contributed by atoms with E-state index in [1.54, 1.807) is 0 Å². The Labute approximate surface area is 492 Å². The number of phosphoric ester groups is 2. The molecule has 81 heavy (non-hydrogen) atoms. The van der Waals surface area contributed by atoms with Crippen LogP contribution in [-0.4, -0.2) is 96.7 Å². The molecule has 3 N–H and O–H groups in total. The fraction of sp³-hybridized carbons (Fsp3) is 0.935. The van der Waals surface area contributed by atoms with Crippen molar-refractivity contribution >= 4 is 39.5 Å². The van der Waals surface area contributed by atoms with Gasteiger partial charge < -0.3 is 33.8 Å². The zero-order valence-electron chi connectivity index (χ0n) is 51.7. The lowest BCUT2D eigenvalue weighted by atomic mass is 10.0. The quantitative estimate of drug-likeness (QED) is 0.0222. The molecule has 480 valence electrons. The topological polar surface area (TPSA) is 237 Å². The highest BCUT2D eigenvalue weighted by Gasteiger charge is 2.30. The Morgan fingerprint density at radius 2 is 0.494 bits per heavy atom. The number of hydrogen-bond donors (Lipinski definition) is 3. The number of aliphatic hydroxyl groups excluding tert-OH is 1. The summed E-state index contributed by atoms with van der Waals surface area (Å²) in [6, 6.07) is 0. The summed E-state index contributed by atoms with van der Waals surface area (Å²) in [6.45, 7) is 4.83. The molecule has 2 unspecified atom stereocenters. The van der Waals surface area contributed by atoms with Crippen LogP contribution in [0.3, 0.4) is 0 Å². The van der Waals surface area contributed by atoms with Crippen LogP contribution in [0.15, 0.2) is 0 Å². The molecular formula is C62H120O17P2. The summed E-state index contributed by atoms with van der Waals surface area (Å²) in [6.07, 6.45) is 41.7. The molecule has 5 atom stereocenters. The van der Waals surface area contributed by atoms with E-state index in [-0.39, 0.29) is 25.7 Å². The van der Waals surface area contributed by atoms with Crippen LogP contribution in [0.25, 0.3) is 0 Å². The van der Waals surface area contributed by atoms with Crippen LogP contribution in [0.5, 0.6) is 0 Å². The summed E-state index contributed by atoms with van der Waals surface area (Å²) < 4.78 is 67.8. The number of phosphoric acid groups is 2. The molecule has 0 saturated carbocycles. The minimum atomic E-state index is -4.94. The number of unbranched alkanes of at least 4 members (excludes halogenated alkanes) is 37. The van der Waals surface area contributed by atoms with Gasteiger partial charge in [-0.05, 0) is 25.7 Å². The lowest BCUT2D eigenvalue weighted by molar-refractivity contribution is -0.161. The first kappa shape index (κ1) is 79.1. The maximum atomic E-state index is 13.0. The van der Waals surface area contributed by atoms with Gasteiger partial charge in [0.25, 0.3) is 0 Å². The first-order chi connectivity index (χ1) is 39.2. The minimum absolute atomic E-state index is 0.105.